The van der Waals surface area contributed by atoms with Gasteiger partial charge in [0.15, 0.2) is 23.3 Å². The standard InChI is InChI=1S/C13H16N10O8S2/c1-22-7(18-20-21-22)3-31-19-8(5-4-32-12(14)16-5)10(24)17-9-6(2-30-13(15)26)23(11(9)25)33(27,28)29/h4,6,9H,2-3H2,1H3,(H2,14,16)(H2,15,26)(H,17,24)(H,27,28,29)/b19-8-. The third-order valence-electron chi connectivity index (χ3n) is 4.14. The third-order valence-corrected chi connectivity index (χ3v) is 5.76. The largest absolute Gasteiger partial charge is 0.447 e. The van der Waals surface area contributed by atoms with E-state index < -0.39 is 52.6 Å². The molecule has 3 rings (SSSR count). The molecule has 0 bridgehead atoms. The van der Waals surface area contributed by atoms with Crippen LogP contribution < -0.4 is 16.8 Å². The van der Waals surface area contributed by atoms with Gasteiger partial charge in [-0.25, -0.2) is 18.8 Å². The summed E-state index contributed by atoms with van der Waals surface area (Å²) in [7, 11) is -3.45. The van der Waals surface area contributed by atoms with Crippen molar-refractivity contribution in [1.29, 1.82) is 0 Å². The van der Waals surface area contributed by atoms with E-state index in [1.54, 1.807) is 7.05 Å². The van der Waals surface area contributed by atoms with Crippen LogP contribution in [-0.2, 0) is 43.1 Å². The van der Waals surface area contributed by atoms with Crippen molar-refractivity contribution in [2.45, 2.75) is 18.7 Å². The number of nitrogens with two attached hydrogens (primary N) is 2. The van der Waals surface area contributed by atoms with E-state index in [4.69, 9.17) is 16.3 Å². The molecule has 0 saturated carbocycles. The fourth-order valence-electron chi connectivity index (χ4n) is 2.63. The van der Waals surface area contributed by atoms with E-state index in [1.807, 2.05) is 0 Å². The molecule has 6 N–H and O–H groups in total. The molecule has 0 radical (unpaired) electrons. The number of carbonyl (C=O) groups is 3. The number of nitrogen functional groups attached to an aromatic ring is 1. The summed E-state index contributed by atoms with van der Waals surface area (Å²) in [6.07, 6.45) is -1.26. The average Bonchev–Trinajstić information content (AvgIpc) is 3.32. The number of ether oxygens (including phenoxy) is 1. The van der Waals surface area contributed by atoms with Crippen LogP contribution in [0, 0.1) is 0 Å². The van der Waals surface area contributed by atoms with Crippen molar-refractivity contribution in [3.8, 4) is 0 Å². The molecule has 2 aromatic heterocycles. The highest BCUT2D eigenvalue weighted by Crippen LogP contribution is 2.24. The summed E-state index contributed by atoms with van der Waals surface area (Å²) in [6.45, 7) is -0.953. The van der Waals surface area contributed by atoms with Gasteiger partial charge in [-0.05, 0) is 10.4 Å². The van der Waals surface area contributed by atoms with Crippen LogP contribution >= 0.6 is 11.3 Å². The van der Waals surface area contributed by atoms with Gasteiger partial charge in [-0.15, -0.1) is 16.4 Å². The smallest absolute Gasteiger partial charge is 0.404 e. The highest BCUT2D eigenvalue weighted by molar-refractivity contribution is 7.84. The van der Waals surface area contributed by atoms with Crippen LogP contribution in [0.3, 0.4) is 0 Å². The zero-order chi connectivity index (χ0) is 24.3. The monoisotopic (exact) mass is 504 g/mol. The minimum Gasteiger partial charge on any atom is -0.447 e. The number of aryl methyl sites for hydroxylation is 1. The van der Waals surface area contributed by atoms with Gasteiger partial charge in [0.2, 0.25) is 0 Å². The number of amides is 3. The van der Waals surface area contributed by atoms with E-state index in [-0.39, 0.29) is 27.6 Å². The molecule has 1 saturated heterocycles. The number of nitrogens with zero attached hydrogens (tertiary/aromatic N) is 7. The summed E-state index contributed by atoms with van der Waals surface area (Å²) < 4.78 is 38.0. The van der Waals surface area contributed by atoms with Crippen LogP contribution in [0.4, 0.5) is 9.93 Å². The normalized spacial score (nSPS) is 18.5. The van der Waals surface area contributed by atoms with Crippen molar-refractivity contribution >= 4 is 50.4 Å². The maximum atomic E-state index is 12.8. The molecule has 178 valence electrons. The summed E-state index contributed by atoms with van der Waals surface area (Å²) >= 11 is 0.994. The lowest BCUT2D eigenvalue weighted by Gasteiger charge is -2.43. The molecule has 20 heteroatoms. The van der Waals surface area contributed by atoms with Crippen LogP contribution in [0.15, 0.2) is 10.5 Å². The SMILES string of the molecule is Cn1nnnc1CO/N=C(\C(=O)NC1C(=O)N(S(=O)(=O)O)C1COC(N)=O)c1csc(N)n1. The number of thiazole rings is 1. The lowest BCUT2D eigenvalue weighted by atomic mass is 9.99. The first-order valence-corrected chi connectivity index (χ1v) is 10.9. The molecule has 0 aromatic carbocycles. The number of tetrazole rings is 1. The second-order valence-corrected chi connectivity index (χ2v) is 8.44. The summed E-state index contributed by atoms with van der Waals surface area (Å²) in [4.78, 5) is 45.0. The molecular formula is C13H16N10O8S2. The van der Waals surface area contributed by atoms with Crippen LogP contribution in [0.2, 0.25) is 0 Å². The maximum absolute atomic E-state index is 12.8. The Balaban J connectivity index is 1.80. The van der Waals surface area contributed by atoms with Gasteiger partial charge in [0.1, 0.15) is 24.4 Å². The second-order valence-electron chi connectivity index (χ2n) is 6.26. The van der Waals surface area contributed by atoms with Crippen LogP contribution in [0.5, 0.6) is 0 Å². The Bertz CT molecular complexity index is 1210. The summed E-state index contributed by atoms with van der Waals surface area (Å²) in [5.74, 6) is -1.92. The topological polar surface area (TPSA) is 260 Å². The highest BCUT2D eigenvalue weighted by atomic mass is 32.2. The van der Waals surface area contributed by atoms with E-state index in [0.717, 1.165) is 11.3 Å². The molecule has 1 aliphatic rings. The number of aromatic nitrogens is 5. The number of primary amides is 1. The third kappa shape index (κ3) is 5.30. The van der Waals surface area contributed by atoms with Gasteiger partial charge >= 0.3 is 16.4 Å². The number of hydrogen-bond donors (Lipinski definition) is 4. The quantitative estimate of drug-likeness (QED) is 0.113. The van der Waals surface area contributed by atoms with Crippen LogP contribution in [0.1, 0.15) is 11.5 Å². The van der Waals surface area contributed by atoms with E-state index in [0.29, 0.717) is 0 Å². The minimum atomic E-state index is -5.00. The fraction of sp³-hybridized carbons (Fsp3) is 0.385. The molecule has 33 heavy (non-hydrogen) atoms. The average molecular weight is 504 g/mol. The molecule has 3 heterocycles. The van der Waals surface area contributed by atoms with Crippen molar-refractivity contribution in [2.24, 2.45) is 17.9 Å². The first kappa shape index (κ1) is 23.7. The van der Waals surface area contributed by atoms with E-state index in [9.17, 15) is 27.4 Å². The van der Waals surface area contributed by atoms with Gasteiger partial charge in [-0.2, -0.15) is 8.42 Å². The number of oxime groups is 1. The fourth-order valence-corrected chi connectivity index (χ4v) is 4.04. The van der Waals surface area contributed by atoms with Crippen molar-refractivity contribution in [3.05, 3.63) is 16.9 Å². The Kier molecular flexibility index (Phi) is 6.69. The molecule has 2 aromatic rings. The zero-order valence-electron chi connectivity index (χ0n) is 16.6. The molecule has 3 amide bonds. The Morgan fingerprint density at radius 1 is 1.42 bits per heavy atom. The Morgan fingerprint density at radius 3 is 2.70 bits per heavy atom. The first-order chi connectivity index (χ1) is 15.5. The lowest BCUT2D eigenvalue weighted by molar-refractivity contribution is -0.146. The summed E-state index contributed by atoms with van der Waals surface area (Å²) in [6, 6.07) is -2.97. The molecule has 0 aliphatic carbocycles. The Labute approximate surface area is 188 Å². The van der Waals surface area contributed by atoms with E-state index in [1.165, 1.54) is 10.1 Å². The van der Waals surface area contributed by atoms with Gasteiger partial charge in [0, 0.05) is 12.4 Å². The summed E-state index contributed by atoms with van der Waals surface area (Å²) in [5.41, 5.74) is 10.0. The van der Waals surface area contributed by atoms with Crippen molar-refractivity contribution in [2.75, 3.05) is 12.3 Å². The number of anilines is 1. The predicted octanol–water partition coefficient (Wildman–Crippen LogP) is -3.24. The minimum absolute atomic E-state index is 0.00515. The zero-order valence-corrected chi connectivity index (χ0v) is 18.2. The van der Waals surface area contributed by atoms with Gasteiger partial charge in [0.25, 0.3) is 11.8 Å². The Hall–Kier alpha value is -3.91. The number of β-lactam (4-membered cyclic amide) rings is 1. The van der Waals surface area contributed by atoms with E-state index >= 15 is 0 Å². The Morgan fingerprint density at radius 2 is 2.15 bits per heavy atom. The van der Waals surface area contributed by atoms with Gasteiger partial charge < -0.3 is 26.4 Å². The molecule has 0 spiro atoms. The molecule has 2 atom stereocenters. The number of hydrogen-bond acceptors (Lipinski definition) is 14. The highest BCUT2D eigenvalue weighted by Gasteiger charge is 2.54. The number of carbonyl (C=O) groups excluding carboxylic acids is 3. The number of nitrogens with one attached hydrogen (secondary N) is 1. The van der Waals surface area contributed by atoms with Gasteiger partial charge in [-0.1, -0.05) is 5.16 Å². The van der Waals surface area contributed by atoms with Gasteiger partial charge in [-0.3, -0.25) is 14.1 Å². The lowest BCUT2D eigenvalue weighted by Crippen LogP contribution is -2.73. The van der Waals surface area contributed by atoms with Crippen molar-refractivity contribution < 1.29 is 36.9 Å². The predicted molar refractivity (Wildman–Crippen MR) is 106 cm³/mol. The van der Waals surface area contributed by atoms with Crippen LogP contribution in [-0.4, -0.2) is 84.8 Å². The van der Waals surface area contributed by atoms with Gasteiger partial charge in [0.05, 0.1) is 0 Å². The number of rotatable bonds is 9. The van der Waals surface area contributed by atoms with Crippen LogP contribution in [0.25, 0.3) is 0 Å². The maximum Gasteiger partial charge on any atom is 0.404 e. The molecule has 2 unspecified atom stereocenters. The second kappa shape index (κ2) is 9.30. The first-order valence-electron chi connectivity index (χ1n) is 8.65. The van der Waals surface area contributed by atoms with E-state index in [2.05, 4.69) is 35.7 Å². The van der Waals surface area contributed by atoms with Crippen molar-refractivity contribution in [3.63, 3.8) is 0 Å². The molecule has 1 aliphatic heterocycles. The molecular weight excluding hydrogens is 488 g/mol. The molecule has 18 nitrogen and oxygen atoms in total. The van der Waals surface area contributed by atoms with Crippen molar-refractivity contribution in [1.82, 2.24) is 34.8 Å². The molecule has 1 fully saturated rings. The summed E-state index contributed by atoms with van der Waals surface area (Å²) in [5, 5.41) is 18.2.